The lowest BCUT2D eigenvalue weighted by atomic mass is 10.1. The summed E-state index contributed by atoms with van der Waals surface area (Å²) < 4.78 is 1.88. The van der Waals surface area contributed by atoms with Crippen molar-refractivity contribution in [3.8, 4) is 0 Å². The van der Waals surface area contributed by atoms with E-state index in [4.69, 9.17) is 0 Å². The third-order valence-corrected chi connectivity index (χ3v) is 3.97. The first-order chi connectivity index (χ1) is 11.3. The number of carbonyl (C=O) groups is 1. The summed E-state index contributed by atoms with van der Waals surface area (Å²) in [6, 6.07) is 10.2. The molecule has 120 valence electrons. The van der Waals surface area contributed by atoms with Gasteiger partial charge in [-0.2, -0.15) is 5.10 Å². The summed E-state index contributed by atoms with van der Waals surface area (Å²) in [5, 5.41) is 8.37. The van der Waals surface area contributed by atoms with Gasteiger partial charge in [-0.3, -0.25) is 9.48 Å². The minimum absolute atomic E-state index is 0.130. The van der Waals surface area contributed by atoms with Crippen LogP contribution in [0.5, 0.6) is 0 Å². The Morgan fingerprint density at radius 3 is 3.00 bits per heavy atom. The van der Waals surface area contributed by atoms with Crippen molar-refractivity contribution in [1.29, 1.82) is 0 Å². The van der Waals surface area contributed by atoms with Crippen molar-refractivity contribution >= 4 is 16.8 Å². The lowest BCUT2D eigenvalue weighted by Crippen LogP contribution is -2.25. The van der Waals surface area contributed by atoms with Crippen molar-refractivity contribution in [3.05, 3.63) is 54.5 Å². The summed E-state index contributed by atoms with van der Waals surface area (Å²) in [6.45, 7) is 1.54. The second-order valence-electron chi connectivity index (χ2n) is 5.69. The van der Waals surface area contributed by atoms with Gasteiger partial charge in [0.2, 0.25) is 5.91 Å². The van der Waals surface area contributed by atoms with Crippen molar-refractivity contribution in [3.63, 3.8) is 0 Å². The fraction of sp³-hybridized carbons (Fsp3) is 0.333. The van der Waals surface area contributed by atoms with E-state index in [1.54, 1.807) is 6.20 Å². The molecule has 0 unspecified atom stereocenters. The second-order valence-corrected chi connectivity index (χ2v) is 5.69. The van der Waals surface area contributed by atoms with E-state index >= 15 is 0 Å². The fourth-order valence-corrected chi connectivity index (χ4v) is 2.77. The van der Waals surface area contributed by atoms with Crippen molar-refractivity contribution in [2.24, 2.45) is 0 Å². The molecule has 0 fully saturated rings. The number of H-pyrrole nitrogens is 1. The molecule has 0 bridgehead atoms. The van der Waals surface area contributed by atoms with Gasteiger partial charge >= 0.3 is 0 Å². The average molecular weight is 310 g/mol. The predicted octanol–water partition coefficient (Wildman–Crippen LogP) is 2.89. The SMILES string of the molecule is O=C(CCCc1c[nH]c2ccccc12)NCCCn1cccn1. The highest BCUT2D eigenvalue weighted by atomic mass is 16.1. The van der Waals surface area contributed by atoms with Crippen LogP contribution in [0, 0.1) is 0 Å². The molecule has 0 aliphatic carbocycles. The van der Waals surface area contributed by atoms with Crippen LogP contribution in [-0.2, 0) is 17.8 Å². The number of hydrogen-bond acceptors (Lipinski definition) is 2. The molecule has 0 spiro atoms. The van der Waals surface area contributed by atoms with E-state index in [0.717, 1.165) is 31.3 Å². The van der Waals surface area contributed by atoms with Gasteiger partial charge in [-0.1, -0.05) is 18.2 Å². The molecule has 3 rings (SSSR count). The summed E-state index contributed by atoms with van der Waals surface area (Å²) in [4.78, 5) is 15.1. The van der Waals surface area contributed by atoms with Gasteiger partial charge in [0.25, 0.3) is 0 Å². The standard InChI is InChI=1S/C18H22N4O/c23-18(19-10-4-12-22-13-5-11-21-22)9-3-6-15-14-20-17-8-2-1-7-16(15)17/h1-2,5,7-8,11,13-14,20H,3-4,6,9-10,12H2,(H,19,23). The van der Waals surface area contributed by atoms with Crippen LogP contribution >= 0.6 is 0 Å². The topological polar surface area (TPSA) is 62.7 Å². The Bertz CT molecular complexity index is 745. The van der Waals surface area contributed by atoms with E-state index in [0.29, 0.717) is 13.0 Å². The Hall–Kier alpha value is -2.56. The summed E-state index contributed by atoms with van der Waals surface area (Å²) in [6.07, 6.45) is 9.01. The number of aromatic nitrogens is 3. The highest BCUT2D eigenvalue weighted by Crippen LogP contribution is 2.19. The van der Waals surface area contributed by atoms with E-state index in [1.807, 2.05) is 35.3 Å². The van der Waals surface area contributed by atoms with Crippen LogP contribution in [0.25, 0.3) is 10.9 Å². The second kappa shape index (κ2) is 7.63. The van der Waals surface area contributed by atoms with Crippen LogP contribution in [0.3, 0.4) is 0 Å². The molecule has 3 aromatic rings. The van der Waals surface area contributed by atoms with E-state index < -0.39 is 0 Å². The number of para-hydroxylation sites is 1. The maximum atomic E-state index is 11.9. The number of aromatic amines is 1. The van der Waals surface area contributed by atoms with Gasteiger partial charge in [-0.15, -0.1) is 0 Å². The van der Waals surface area contributed by atoms with Gasteiger partial charge in [0.1, 0.15) is 0 Å². The summed E-state index contributed by atoms with van der Waals surface area (Å²) in [5.74, 6) is 0.130. The largest absolute Gasteiger partial charge is 0.361 e. The van der Waals surface area contributed by atoms with Crippen molar-refractivity contribution in [2.75, 3.05) is 6.54 Å². The van der Waals surface area contributed by atoms with Gasteiger partial charge in [0, 0.05) is 49.0 Å². The minimum atomic E-state index is 0.130. The molecule has 23 heavy (non-hydrogen) atoms. The molecule has 0 saturated heterocycles. The minimum Gasteiger partial charge on any atom is -0.361 e. The lowest BCUT2D eigenvalue weighted by molar-refractivity contribution is -0.121. The van der Waals surface area contributed by atoms with Crippen molar-refractivity contribution in [2.45, 2.75) is 32.2 Å². The molecule has 0 saturated carbocycles. The Balaban J connectivity index is 1.34. The molecule has 0 aliphatic heterocycles. The van der Waals surface area contributed by atoms with Crippen molar-refractivity contribution < 1.29 is 4.79 Å². The molecule has 2 N–H and O–H groups in total. The van der Waals surface area contributed by atoms with Gasteiger partial charge in [-0.05, 0) is 37.0 Å². The van der Waals surface area contributed by atoms with Gasteiger partial charge in [0.05, 0.1) is 0 Å². The molecule has 2 aromatic heterocycles. The molecule has 5 nitrogen and oxygen atoms in total. The zero-order valence-electron chi connectivity index (χ0n) is 13.2. The van der Waals surface area contributed by atoms with Crippen molar-refractivity contribution in [1.82, 2.24) is 20.1 Å². The zero-order valence-corrected chi connectivity index (χ0v) is 13.2. The molecule has 1 amide bonds. The number of benzene rings is 1. The van der Waals surface area contributed by atoms with Gasteiger partial charge < -0.3 is 10.3 Å². The molecule has 1 aromatic carbocycles. The van der Waals surface area contributed by atoms with Gasteiger partial charge in [0.15, 0.2) is 0 Å². The summed E-state index contributed by atoms with van der Waals surface area (Å²) in [5.41, 5.74) is 2.44. The third kappa shape index (κ3) is 4.22. The Labute approximate surface area is 135 Å². The van der Waals surface area contributed by atoms with Gasteiger partial charge in [-0.25, -0.2) is 0 Å². The quantitative estimate of drug-likeness (QED) is 0.628. The monoisotopic (exact) mass is 310 g/mol. The lowest BCUT2D eigenvalue weighted by Gasteiger charge is -2.05. The molecule has 2 heterocycles. The number of hydrogen-bond donors (Lipinski definition) is 2. The smallest absolute Gasteiger partial charge is 0.220 e. The number of rotatable bonds is 8. The highest BCUT2D eigenvalue weighted by molar-refractivity contribution is 5.83. The molecular weight excluding hydrogens is 288 g/mol. The Morgan fingerprint density at radius 1 is 1.22 bits per heavy atom. The molecular formula is C18H22N4O. The number of aryl methyl sites for hydroxylation is 2. The molecule has 0 aliphatic rings. The van der Waals surface area contributed by atoms with Crippen LogP contribution in [0.2, 0.25) is 0 Å². The zero-order chi connectivity index (χ0) is 15.9. The van der Waals surface area contributed by atoms with E-state index in [-0.39, 0.29) is 5.91 Å². The highest BCUT2D eigenvalue weighted by Gasteiger charge is 2.05. The maximum Gasteiger partial charge on any atom is 0.220 e. The number of carbonyl (C=O) groups excluding carboxylic acids is 1. The Kier molecular flexibility index (Phi) is 5.09. The average Bonchev–Trinajstić information content (AvgIpc) is 3.22. The first-order valence-corrected chi connectivity index (χ1v) is 8.12. The molecule has 0 atom stereocenters. The van der Waals surface area contributed by atoms with Crippen LogP contribution in [0.15, 0.2) is 48.9 Å². The molecule has 0 radical (unpaired) electrons. The van der Waals surface area contributed by atoms with E-state index in [2.05, 4.69) is 27.5 Å². The summed E-state index contributed by atoms with van der Waals surface area (Å²) >= 11 is 0. The summed E-state index contributed by atoms with van der Waals surface area (Å²) in [7, 11) is 0. The Morgan fingerprint density at radius 2 is 2.13 bits per heavy atom. The van der Waals surface area contributed by atoms with Crippen LogP contribution in [-0.4, -0.2) is 27.2 Å². The molecule has 5 heteroatoms. The number of nitrogens with zero attached hydrogens (tertiary/aromatic N) is 2. The fourth-order valence-electron chi connectivity index (χ4n) is 2.77. The van der Waals surface area contributed by atoms with Crippen LogP contribution in [0.1, 0.15) is 24.8 Å². The van der Waals surface area contributed by atoms with Crippen LogP contribution in [0.4, 0.5) is 0 Å². The first-order valence-electron chi connectivity index (χ1n) is 8.12. The number of amides is 1. The predicted molar refractivity (Wildman–Crippen MR) is 91.1 cm³/mol. The number of nitrogens with one attached hydrogen (secondary N) is 2. The van der Waals surface area contributed by atoms with E-state index in [9.17, 15) is 4.79 Å². The van der Waals surface area contributed by atoms with Crippen LogP contribution < -0.4 is 5.32 Å². The number of fused-ring (bicyclic) bond motifs is 1. The third-order valence-electron chi connectivity index (χ3n) is 3.97. The van der Waals surface area contributed by atoms with E-state index in [1.165, 1.54) is 10.9 Å². The first kappa shape index (κ1) is 15.3. The normalized spacial score (nSPS) is 11.0. The maximum absolute atomic E-state index is 11.9.